The fourth-order valence-electron chi connectivity index (χ4n) is 4.08. The minimum atomic E-state index is -0.113. The van der Waals surface area contributed by atoms with Crippen LogP contribution in [-0.4, -0.2) is 43.4 Å². The highest BCUT2D eigenvalue weighted by Gasteiger charge is 2.27. The molecule has 0 spiro atoms. The summed E-state index contributed by atoms with van der Waals surface area (Å²) >= 11 is 1.59. The highest BCUT2D eigenvalue weighted by molar-refractivity contribution is 7.08. The quantitative estimate of drug-likeness (QED) is 0.658. The molecule has 0 saturated carbocycles. The molecule has 1 aliphatic heterocycles. The molecule has 1 fully saturated rings. The fourth-order valence-corrected chi connectivity index (χ4v) is 4.72. The second-order valence-electron chi connectivity index (χ2n) is 8.09. The van der Waals surface area contributed by atoms with Crippen molar-refractivity contribution in [2.24, 2.45) is 11.8 Å². The van der Waals surface area contributed by atoms with E-state index in [4.69, 9.17) is 0 Å². The fraction of sp³-hybridized carbons (Fsp3) is 0.455. The number of carbonyl (C=O) groups is 1. The van der Waals surface area contributed by atoms with E-state index in [1.165, 1.54) is 0 Å². The van der Waals surface area contributed by atoms with Crippen molar-refractivity contribution >= 4 is 17.2 Å². The Bertz CT molecular complexity index is 1050. The Morgan fingerprint density at radius 2 is 2.17 bits per heavy atom. The number of imidazole rings is 1. The van der Waals surface area contributed by atoms with E-state index in [0.29, 0.717) is 12.5 Å². The van der Waals surface area contributed by atoms with Gasteiger partial charge in [0.25, 0.3) is 5.56 Å². The molecule has 0 aromatic carbocycles. The maximum absolute atomic E-state index is 12.9. The number of nitrogens with one attached hydrogen (secondary N) is 1. The van der Waals surface area contributed by atoms with Crippen LogP contribution >= 0.6 is 11.3 Å². The molecule has 3 aromatic rings. The topological polar surface area (TPSA) is 83.9 Å². The van der Waals surface area contributed by atoms with Crippen LogP contribution in [0.2, 0.25) is 0 Å². The number of carbonyl (C=O) groups excluding carboxylic acids is 1. The molecule has 158 valence electrons. The molecule has 1 N–H and O–H groups in total. The highest BCUT2D eigenvalue weighted by atomic mass is 32.1. The van der Waals surface area contributed by atoms with Crippen molar-refractivity contribution in [3.63, 3.8) is 0 Å². The van der Waals surface area contributed by atoms with Gasteiger partial charge in [-0.1, -0.05) is 6.92 Å². The van der Waals surface area contributed by atoms with Crippen LogP contribution in [0.5, 0.6) is 0 Å². The zero-order valence-electron chi connectivity index (χ0n) is 17.4. The number of aryl methyl sites for hydroxylation is 1. The first kappa shape index (κ1) is 20.5. The van der Waals surface area contributed by atoms with Crippen LogP contribution in [0.3, 0.4) is 0 Å². The van der Waals surface area contributed by atoms with Gasteiger partial charge in [0.05, 0.1) is 11.6 Å². The zero-order chi connectivity index (χ0) is 21.1. The summed E-state index contributed by atoms with van der Waals surface area (Å²) in [6, 6.07) is 3.53. The molecule has 8 heteroatoms. The normalized spacial score (nSPS) is 16.0. The number of hydrogen-bond donors (Lipinski definition) is 1. The molecule has 30 heavy (non-hydrogen) atoms. The summed E-state index contributed by atoms with van der Waals surface area (Å²) in [6.45, 7) is 6.11. The number of rotatable bonds is 6. The van der Waals surface area contributed by atoms with E-state index in [-0.39, 0.29) is 17.4 Å². The number of piperidine rings is 1. The lowest BCUT2D eigenvalue weighted by atomic mass is 9.92. The second kappa shape index (κ2) is 8.95. The first-order valence-electron chi connectivity index (χ1n) is 10.4. The van der Waals surface area contributed by atoms with Gasteiger partial charge in [0.2, 0.25) is 5.91 Å². The van der Waals surface area contributed by atoms with E-state index in [2.05, 4.69) is 15.0 Å². The summed E-state index contributed by atoms with van der Waals surface area (Å²) in [7, 11) is 0. The van der Waals surface area contributed by atoms with Gasteiger partial charge in [0.1, 0.15) is 11.6 Å². The van der Waals surface area contributed by atoms with Gasteiger partial charge in [-0.3, -0.25) is 9.59 Å². The molecule has 4 heterocycles. The van der Waals surface area contributed by atoms with Gasteiger partial charge < -0.3 is 14.5 Å². The predicted molar refractivity (Wildman–Crippen MR) is 117 cm³/mol. The van der Waals surface area contributed by atoms with Crippen LogP contribution in [0, 0.1) is 18.8 Å². The summed E-state index contributed by atoms with van der Waals surface area (Å²) in [6.07, 6.45) is 6.27. The standard InChI is InChI=1S/C22H27N5O2S/c1-15(13-27-9-6-23-16(27)2)22(29)26-7-3-17(4-8-26)11-20-24-19(12-21(28)25-20)18-5-10-30-14-18/h5-6,9-10,12,14-15,17H,3-4,7-8,11,13H2,1-2H3,(H,24,25,28)/t15-/m1/s1. The molecule has 4 rings (SSSR count). The highest BCUT2D eigenvalue weighted by Crippen LogP contribution is 2.23. The average molecular weight is 426 g/mol. The summed E-state index contributed by atoms with van der Waals surface area (Å²) in [5.74, 6) is 2.21. The van der Waals surface area contributed by atoms with Gasteiger partial charge in [-0.05, 0) is 37.1 Å². The van der Waals surface area contributed by atoms with Crippen molar-refractivity contribution in [1.29, 1.82) is 0 Å². The zero-order valence-corrected chi connectivity index (χ0v) is 18.2. The average Bonchev–Trinajstić information content (AvgIpc) is 3.40. The van der Waals surface area contributed by atoms with Crippen molar-refractivity contribution in [2.45, 2.75) is 39.7 Å². The molecule has 7 nitrogen and oxygen atoms in total. The van der Waals surface area contributed by atoms with Crippen molar-refractivity contribution in [2.75, 3.05) is 13.1 Å². The molecule has 0 aliphatic carbocycles. The number of H-pyrrole nitrogens is 1. The van der Waals surface area contributed by atoms with Gasteiger partial charge in [-0.2, -0.15) is 11.3 Å². The Labute approximate surface area is 179 Å². The molecule has 1 aliphatic rings. The Kier molecular flexibility index (Phi) is 6.13. The monoisotopic (exact) mass is 425 g/mol. The van der Waals surface area contributed by atoms with Gasteiger partial charge in [-0.25, -0.2) is 9.97 Å². The van der Waals surface area contributed by atoms with Crippen LogP contribution in [-0.2, 0) is 17.8 Å². The van der Waals surface area contributed by atoms with E-state index in [1.54, 1.807) is 23.6 Å². The maximum Gasteiger partial charge on any atom is 0.251 e. The maximum atomic E-state index is 12.9. The first-order valence-corrected chi connectivity index (χ1v) is 11.3. The van der Waals surface area contributed by atoms with Crippen LogP contribution in [0.1, 0.15) is 31.4 Å². The Hall–Kier alpha value is -2.74. The van der Waals surface area contributed by atoms with Gasteiger partial charge >= 0.3 is 0 Å². The van der Waals surface area contributed by atoms with Crippen LogP contribution < -0.4 is 5.56 Å². The third-order valence-corrected chi connectivity index (χ3v) is 6.51. The lowest BCUT2D eigenvalue weighted by Crippen LogP contribution is -2.42. The Balaban J connectivity index is 1.33. The molecule has 0 radical (unpaired) electrons. The number of amides is 1. The van der Waals surface area contributed by atoms with E-state index < -0.39 is 0 Å². The van der Waals surface area contributed by atoms with Crippen LogP contribution in [0.15, 0.2) is 40.1 Å². The lowest BCUT2D eigenvalue weighted by Gasteiger charge is -2.33. The number of nitrogens with zero attached hydrogens (tertiary/aromatic N) is 4. The van der Waals surface area contributed by atoms with E-state index in [1.807, 2.05) is 46.3 Å². The Morgan fingerprint density at radius 3 is 2.83 bits per heavy atom. The largest absolute Gasteiger partial charge is 0.342 e. The van der Waals surface area contributed by atoms with Crippen molar-refractivity contribution < 1.29 is 4.79 Å². The molecular weight excluding hydrogens is 398 g/mol. The van der Waals surface area contributed by atoms with E-state index in [9.17, 15) is 9.59 Å². The summed E-state index contributed by atoms with van der Waals surface area (Å²) in [5, 5.41) is 3.99. The smallest absolute Gasteiger partial charge is 0.251 e. The summed E-state index contributed by atoms with van der Waals surface area (Å²) in [5.41, 5.74) is 1.60. The predicted octanol–water partition coefficient (Wildman–Crippen LogP) is 3.12. The first-order chi connectivity index (χ1) is 14.5. The third-order valence-electron chi connectivity index (χ3n) is 5.83. The third kappa shape index (κ3) is 4.70. The number of hydrogen-bond acceptors (Lipinski definition) is 5. The molecule has 1 saturated heterocycles. The lowest BCUT2D eigenvalue weighted by molar-refractivity contribution is -0.136. The van der Waals surface area contributed by atoms with Crippen molar-refractivity contribution in [1.82, 2.24) is 24.4 Å². The minimum absolute atomic E-state index is 0.0743. The summed E-state index contributed by atoms with van der Waals surface area (Å²) in [4.78, 5) is 38.7. The SMILES string of the molecule is Cc1nccn1C[C@@H](C)C(=O)N1CCC(Cc2nc(-c3ccsc3)cc(=O)[nH]2)CC1. The number of aromatic amines is 1. The second-order valence-corrected chi connectivity index (χ2v) is 8.87. The van der Waals surface area contributed by atoms with Crippen LogP contribution in [0.4, 0.5) is 0 Å². The van der Waals surface area contributed by atoms with Gasteiger partial charge in [0, 0.05) is 55.5 Å². The number of likely N-dealkylation sites (tertiary alicyclic amines) is 1. The minimum Gasteiger partial charge on any atom is -0.342 e. The molecule has 3 aromatic heterocycles. The Morgan fingerprint density at radius 1 is 1.37 bits per heavy atom. The van der Waals surface area contributed by atoms with Gasteiger partial charge in [0.15, 0.2) is 0 Å². The molecular formula is C22H27N5O2S. The van der Waals surface area contributed by atoms with Crippen LogP contribution in [0.25, 0.3) is 11.3 Å². The van der Waals surface area contributed by atoms with Crippen molar-refractivity contribution in [3.8, 4) is 11.3 Å². The molecule has 0 unspecified atom stereocenters. The number of thiophene rings is 1. The van der Waals surface area contributed by atoms with E-state index in [0.717, 1.165) is 55.3 Å². The molecule has 0 bridgehead atoms. The number of aromatic nitrogens is 4. The van der Waals surface area contributed by atoms with E-state index >= 15 is 0 Å². The van der Waals surface area contributed by atoms with Gasteiger partial charge in [-0.15, -0.1) is 0 Å². The van der Waals surface area contributed by atoms with Crippen molar-refractivity contribution in [3.05, 3.63) is 57.3 Å². The molecule has 1 amide bonds. The summed E-state index contributed by atoms with van der Waals surface area (Å²) < 4.78 is 2.03. The molecule has 1 atom stereocenters.